The first kappa shape index (κ1) is 16.2. The van der Waals surface area contributed by atoms with Crippen molar-refractivity contribution in [3.05, 3.63) is 25.3 Å². The maximum Gasteiger partial charge on any atom is 0.0971 e. The summed E-state index contributed by atoms with van der Waals surface area (Å²) in [4.78, 5) is 0. The molecule has 0 aromatic rings. The van der Waals surface area contributed by atoms with Gasteiger partial charge in [0.25, 0.3) is 0 Å². The van der Waals surface area contributed by atoms with Crippen molar-refractivity contribution in [3.63, 3.8) is 0 Å². The number of hydrogen-bond acceptors (Lipinski definition) is 0. The highest BCUT2D eigenvalue weighted by Gasteiger charge is 2.16. The number of hydrogen-bond donors (Lipinski definition) is 0. The number of quaternary nitrogens is 1. The van der Waals surface area contributed by atoms with Crippen LogP contribution in [-0.2, 0) is 0 Å². The molecule has 0 heterocycles. The summed E-state index contributed by atoms with van der Waals surface area (Å²) in [6.07, 6.45) is 7.96. The molecule has 0 aliphatic heterocycles. The first-order chi connectivity index (χ1) is 6.18. The summed E-state index contributed by atoms with van der Waals surface area (Å²) in [5.41, 5.74) is 0. The van der Waals surface area contributed by atoms with Crippen molar-refractivity contribution in [2.45, 2.75) is 26.2 Å². The van der Waals surface area contributed by atoms with Crippen LogP contribution in [0.3, 0.4) is 0 Å². The van der Waals surface area contributed by atoms with E-state index in [0.717, 1.165) is 17.6 Å². The van der Waals surface area contributed by atoms with Crippen LogP contribution in [0.15, 0.2) is 25.3 Å². The predicted octanol–water partition coefficient (Wildman–Crippen LogP) is -0.000800. The van der Waals surface area contributed by atoms with Crippen molar-refractivity contribution in [2.24, 2.45) is 0 Å². The first-order valence-corrected chi connectivity index (χ1v) is 5.24. The molecule has 0 saturated heterocycles. The Balaban J connectivity index is 0. The lowest BCUT2D eigenvalue weighted by Crippen LogP contribution is -3.00. The monoisotopic (exact) mass is 217 g/mol. The fourth-order valence-electron chi connectivity index (χ4n) is 1.62. The van der Waals surface area contributed by atoms with Gasteiger partial charge < -0.3 is 16.9 Å². The zero-order valence-corrected chi connectivity index (χ0v) is 10.4. The fraction of sp³-hybridized carbons (Fsp3) is 0.667. The van der Waals surface area contributed by atoms with Crippen LogP contribution >= 0.6 is 0 Å². The van der Waals surface area contributed by atoms with Gasteiger partial charge in [0, 0.05) is 0 Å². The molecule has 0 aromatic carbocycles. The minimum atomic E-state index is 0. The summed E-state index contributed by atoms with van der Waals surface area (Å²) in [5.74, 6) is 0. The Morgan fingerprint density at radius 1 is 1.07 bits per heavy atom. The van der Waals surface area contributed by atoms with E-state index in [1.54, 1.807) is 0 Å². The highest BCUT2D eigenvalue weighted by atomic mass is 35.5. The lowest BCUT2D eigenvalue weighted by molar-refractivity contribution is -0.898. The van der Waals surface area contributed by atoms with E-state index < -0.39 is 0 Å². The fourth-order valence-corrected chi connectivity index (χ4v) is 1.62. The standard InChI is InChI=1S/C12H24N.ClH/c1-5-8-9-12-13(4,10-6-2)11-7-3;/h6-7H,2-3,5,8-12H2,1,4H3;1H/q+1;/p-1. The molecule has 0 spiro atoms. The molecule has 0 unspecified atom stereocenters. The van der Waals surface area contributed by atoms with Gasteiger partial charge in [-0.2, -0.15) is 0 Å². The third-order valence-electron chi connectivity index (χ3n) is 2.44. The largest absolute Gasteiger partial charge is 1.00 e. The number of rotatable bonds is 8. The SMILES string of the molecule is C=CC[N+](C)(CC=C)CCCCC.[Cl-]. The van der Waals surface area contributed by atoms with Gasteiger partial charge in [-0.05, 0) is 25.0 Å². The van der Waals surface area contributed by atoms with Crippen molar-refractivity contribution in [1.29, 1.82) is 0 Å². The van der Waals surface area contributed by atoms with Crippen LogP contribution in [-0.4, -0.2) is 31.2 Å². The molecule has 0 saturated carbocycles. The minimum absolute atomic E-state index is 0. The zero-order chi connectivity index (χ0) is 10.2. The summed E-state index contributed by atoms with van der Waals surface area (Å²) in [6, 6.07) is 0. The van der Waals surface area contributed by atoms with Gasteiger partial charge in [0.15, 0.2) is 0 Å². The normalized spacial score (nSPS) is 10.4. The highest BCUT2D eigenvalue weighted by molar-refractivity contribution is 4.70. The Morgan fingerprint density at radius 3 is 1.93 bits per heavy atom. The molecule has 0 fully saturated rings. The molecule has 0 aliphatic carbocycles. The van der Waals surface area contributed by atoms with Gasteiger partial charge in [-0.1, -0.05) is 26.5 Å². The summed E-state index contributed by atoms with van der Waals surface area (Å²) in [7, 11) is 2.28. The van der Waals surface area contributed by atoms with Gasteiger partial charge in [-0.15, -0.1) is 0 Å². The number of unbranched alkanes of at least 4 members (excludes halogenated alkanes) is 2. The van der Waals surface area contributed by atoms with Gasteiger partial charge in [0.2, 0.25) is 0 Å². The summed E-state index contributed by atoms with van der Waals surface area (Å²) >= 11 is 0. The lowest BCUT2D eigenvalue weighted by Gasteiger charge is -2.32. The average molecular weight is 218 g/mol. The molecule has 0 rings (SSSR count). The maximum atomic E-state index is 3.81. The van der Waals surface area contributed by atoms with Crippen LogP contribution in [0.25, 0.3) is 0 Å². The van der Waals surface area contributed by atoms with E-state index >= 15 is 0 Å². The Bertz CT molecular complexity index is 144. The minimum Gasteiger partial charge on any atom is -1.00 e. The van der Waals surface area contributed by atoms with Crippen LogP contribution in [0.4, 0.5) is 0 Å². The average Bonchev–Trinajstić information content (AvgIpc) is 2.05. The quantitative estimate of drug-likeness (QED) is 0.305. The van der Waals surface area contributed by atoms with Crippen molar-refractivity contribution in [2.75, 3.05) is 26.7 Å². The van der Waals surface area contributed by atoms with Crippen LogP contribution in [0.5, 0.6) is 0 Å². The molecule has 0 N–H and O–H groups in total. The molecule has 14 heavy (non-hydrogen) atoms. The topological polar surface area (TPSA) is 0 Å². The third-order valence-corrected chi connectivity index (χ3v) is 2.44. The Labute approximate surface area is 95.5 Å². The van der Waals surface area contributed by atoms with E-state index in [-0.39, 0.29) is 12.4 Å². The van der Waals surface area contributed by atoms with E-state index in [1.165, 1.54) is 25.8 Å². The molecule has 0 radical (unpaired) electrons. The van der Waals surface area contributed by atoms with Gasteiger partial charge in [-0.3, -0.25) is 0 Å². The summed E-state index contributed by atoms with van der Waals surface area (Å²) in [5, 5.41) is 0. The number of halogens is 1. The van der Waals surface area contributed by atoms with Crippen LogP contribution in [0, 0.1) is 0 Å². The lowest BCUT2D eigenvalue weighted by atomic mass is 10.2. The smallest absolute Gasteiger partial charge is 0.0971 e. The molecule has 0 atom stereocenters. The van der Waals surface area contributed by atoms with E-state index in [1.807, 2.05) is 12.2 Å². The molecule has 0 bridgehead atoms. The molecule has 84 valence electrons. The maximum absolute atomic E-state index is 3.81. The molecular formula is C12H24ClN. The van der Waals surface area contributed by atoms with Gasteiger partial charge in [0.05, 0.1) is 26.7 Å². The van der Waals surface area contributed by atoms with Crippen molar-refractivity contribution < 1.29 is 16.9 Å². The number of nitrogens with zero attached hydrogens (tertiary/aromatic N) is 1. The number of likely N-dealkylation sites (N-methyl/N-ethyl adjacent to an activating group) is 1. The van der Waals surface area contributed by atoms with Gasteiger partial charge in [-0.25, -0.2) is 0 Å². The summed E-state index contributed by atoms with van der Waals surface area (Å²) in [6.45, 7) is 13.2. The third kappa shape index (κ3) is 7.16. The second kappa shape index (κ2) is 9.29. The Kier molecular flexibility index (Phi) is 10.7. The van der Waals surface area contributed by atoms with E-state index in [2.05, 4.69) is 27.1 Å². The van der Waals surface area contributed by atoms with Crippen LogP contribution in [0.1, 0.15) is 26.2 Å². The predicted molar refractivity (Wildman–Crippen MR) is 60.7 cm³/mol. The Morgan fingerprint density at radius 2 is 1.57 bits per heavy atom. The van der Waals surface area contributed by atoms with Gasteiger partial charge >= 0.3 is 0 Å². The Hall–Kier alpha value is -0.270. The molecule has 0 aliphatic rings. The van der Waals surface area contributed by atoms with E-state index in [9.17, 15) is 0 Å². The van der Waals surface area contributed by atoms with E-state index in [0.29, 0.717) is 0 Å². The van der Waals surface area contributed by atoms with Crippen molar-refractivity contribution in [1.82, 2.24) is 0 Å². The molecule has 2 heteroatoms. The molecule has 0 amide bonds. The highest BCUT2D eigenvalue weighted by Crippen LogP contribution is 2.07. The second-order valence-corrected chi connectivity index (χ2v) is 3.99. The zero-order valence-electron chi connectivity index (χ0n) is 9.64. The van der Waals surface area contributed by atoms with Crippen LogP contribution in [0.2, 0.25) is 0 Å². The van der Waals surface area contributed by atoms with Gasteiger partial charge in [0.1, 0.15) is 0 Å². The molecule has 0 aromatic heterocycles. The summed E-state index contributed by atoms with van der Waals surface area (Å²) < 4.78 is 1.06. The van der Waals surface area contributed by atoms with E-state index in [4.69, 9.17) is 0 Å². The van der Waals surface area contributed by atoms with Crippen LogP contribution < -0.4 is 12.4 Å². The molecular weight excluding hydrogens is 194 g/mol. The van der Waals surface area contributed by atoms with Crippen molar-refractivity contribution in [3.8, 4) is 0 Å². The second-order valence-electron chi connectivity index (χ2n) is 3.99. The van der Waals surface area contributed by atoms with Crippen molar-refractivity contribution >= 4 is 0 Å². The molecule has 1 nitrogen and oxygen atoms in total. The first-order valence-electron chi connectivity index (χ1n) is 5.24.